The number of alkyl halides is 1. The number of hydrogen-bond acceptors (Lipinski definition) is 3. The Bertz CT molecular complexity index is 510. The Labute approximate surface area is 109 Å². The Hall–Kier alpha value is -1.19. The minimum absolute atomic E-state index is 0.128. The van der Waals surface area contributed by atoms with Crippen molar-refractivity contribution in [3.05, 3.63) is 46.2 Å². The molecule has 1 aromatic carbocycles. The predicted octanol–water partition coefficient (Wildman–Crippen LogP) is 3.85. The van der Waals surface area contributed by atoms with E-state index in [2.05, 4.69) is 5.38 Å². The molecule has 0 saturated heterocycles. The summed E-state index contributed by atoms with van der Waals surface area (Å²) in [6, 6.07) is 7.91. The van der Waals surface area contributed by atoms with Crippen molar-refractivity contribution >= 4 is 22.9 Å². The van der Waals surface area contributed by atoms with E-state index in [0.29, 0.717) is 13.2 Å². The summed E-state index contributed by atoms with van der Waals surface area (Å²) in [7, 11) is 0. The van der Waals surface area contributed by atoms with Crippen LogP contribution in [0.15, 0.2) is 35.0 Å². The molecule has 4 heteroatoms. The Morgan fingerprint density at radius 3 is 2.65 bits per heavy atom. The molecular weight excluding hydrogens is 256 g/mol. The molecule has 0 bridgehead atoms. The van der Waals surface area contributed by atoms with Crippen molar-refractivity contribution in [1.29, 1.82) is 0 Å². The number of rotatable bonds is 2. The Morgan fingerprint density at radius 1 is 1.06 bits per heavy atom. The van der Waals surface area contributed by atoms with Gasteiger partial charge in [-0.3, -0.25) is 0 Å². The molecule has 0 spiro atoms. The first-order chi connectivity index (χ1) is 8.34. The van der Waals surface area contributed by atoms with E-state index in [1.165, 1.54) is 0 Å². The van der Waals surface area contributed by atoms with Crippen LogP contribution in [-0.2, 0) is 0 Å². The van der Waals surface area contributed by atoms with Gasteiger partial charge in [-0.15, -0.1) is 11.6 Å². The molecule has 2 heterocycles. The fourth-order valence-corrected chi connectivity index (χ4v) is 2.86. The van der Waals surface area contributed by atoms with Gasteiger partial charge in [0.25, 0.3) is 0 Å². The van der Waals surface area contributed by atoms with Crippen LogP contribution in [0.2, 0.25) is 0 Å². The zero-order valence-electron chi connectivity index (χ0n) is 9.06. The molecule has 0 amide bonds. The number of halogens is 1. The van der Waals surface area contributed by atoms with E-state index in [4.69, 9.17) is 21.1 Å². The molecule has 0 N–H and O–H groups in total. The molecule has 1 unspecified atom stereocenters. The van der Waals surface area contributed by atoms with Crippen molar-refractivity contribution in [2.75, 3.05) is 13.2 Å². The Morgan fingerprint density at radius 2 is 1.88 bits per heavy atom. The van der Waals surface area contributed by atoms with Crippen LogP contribution in [0.1, 0.15) is 16.5 Å². The lowest BCUT2D eigenvalue weighted by molar-refractivity contribution is 0.171. The number of benzene rings is 1. The van der Waals surface area contributed by atoms with Gasteiger partial charge in [0, 0.05) is 0 Å². The zero-order chi connectivity index (χ0) is 11.7. The van der Waals surface area contributed by atoms with Gasteiger partial charge in [-0.25, -0.2) is 0 Å². The highest BCUT2D eigenvalue weighted by Crippen LogP contribution is 2.37. The zero-order valence-corrected chi connectivity index (χ0v) is 10.6. The van der Waals surface area contributed by atoms with Crippen LogP contribution in [-0.4, -0.2) is 13.2 Å². The van der Waals surface area contributed by atoms with E-state index in [0.717, 1.165) is 22.6 Å². The van der Waals surface area contributed by atoms with E-state index < -0.39 is 0 Å². The molecule has 0 radical (unpaired) electrons. The Kier molecular flexibility index (Phi) is 2.95. The van der Waals surface area contributed by atoms with Crippen LogP contribution in [0.3, 0.4) is 0 Å². The summed E-state index contributed by atoms with van der Waals surface area (Å²) in [6.45, 7) is 1.21. The predicted molar refractivity (Wildman–Crippen MR) is 69.4 cm³/mol. The van der Waals surface area contributed by atoms with Crippen LogP contribution in [0.25, 0.3) is 0 Å². The monoisotopic (exact) mass is 266 g/mol. The molecule has 1 aromatic heterocycles. The van der Waals surface area contributed by atoms with Crippen molar-refractivity contribution in [3.8, 4) is 11.5 Å². The van der Waals surface area contributed by atoms with Crippen molar-refractivity contribution in [2.24, 2.45) is 0 Å². The van der Waals surface area contributed by atoms with Crippen LogP contribution in [0.4, 0.5) is 0 Å². The van der Waals surface area contributed by atoms with Gasteiger partial charge >= 0.3 is 0 Å². The van der Waals surface area contributed by atoms with Gasteiger partial charge in [0.15, 0.2) is 11.5 Å². The lowest BCUT2D eigenvalue weighted by Gasteiger charge is -2.19. The third kappa shape index (κ3) is 2.13. The normalized spacial score (nSPS) is 15.6. The van der Waals surface area contributed by atoms with E-state index >= 15 is 0 Å². The molecule has 17 heavy (non-hydrogen) atoms. The largest absolute Gasteiger partial charge is 0.486 e. The number of hydrogen-bond donors (Lipinski definition) is 0. The average molecular weight is 267 g/mol. The molecule has 1 aliphatic rings. The molecule has 3 rings (SSSR count). The van der Waals surface area contributed by atoms with Gasteiger partial charge in [-0.05, 0) is 40.1 Å². The maximum absolute atomic E-state index is 6.43. The summed E-state index contributed by atoms with van der Waals surface area (Å²) >= 11 is 8.08. The molecule has 1 atom stereocenters. The van der Waals surface area contributed by atoms with E-state index in [9.17, 15) is 0 Å². The first kappa shape index (κ1) is 10.9. The first-order valence-electron chi connectivity index (χ1n) is 5.40. The number of fused-ring (bicyclic) bond motifs is 1. The SMILES string of the molecule is ClC(c1ccsc1)c1ccc2c(c1)OCCO2. The lowest BCUT2D eigenvalue weighted by Crippen LogP contribution is -2.15. The molecule has 2 aromatic rings. The van der Waals surface area contributed by atoms with Crippen molar-refractivity contribution in [3.63, 3.8) is 0 Å². The minimum Gasteiger partial charge on any atom is -0.486 e. The third-order valence-electron chi connectivity index (χ3n) is 2.69. The molecule has 0 aliphatic carbocycles. The van der Waals surface area contributed by atoms with Gasteiger partial charge in [0.1, 0.15) is 13.2 Å². The van der Waals surface area contributed by atoms with Gasteiger partial charge in [0.05, 0.1) is 5.38 Å². The van der Waals surface area contributed by atoms with E-state index in [1.54, 1.807) is 11.3 Å². The van der Waals surface area contributed by atoms with Gasteiger partial charge in [0.2, 0.25) is 0 Å². The number of thiophene rings is 1. The molecule has 88 valence electrons. The van der Waals surface area contributed by atoms with Crippen LogP contribution >= 0.6 is 22.9 Å². The molecule has 2 nitrogen and oxygen atoms in total. The van der Waals surface area contributed by atoms with E-state index in [-0.39, 0.29) is 5.38 Å². The summed E-state index contributed by atoms with van der Waals surface area (Å²) in [5, 5.41) is 3.97. The topological polar surface area (TPSA) is 18.5 Å². The van der Waals surface area contributed by atoms with Crippen LogP contribution in [0, 0.1) is 0 Å². The molecule has 0 saturated carbocycles. The second kappa shape index (κ2) is 4.59. The fraction of sp³-hybridized carbons (Fsp3) is 0.231. The standard InChI is InChI=1S/C13H11ClO2S/c14-13(10-3-6-17-8-10)9-1-2-11-12(7-9)16-5-4-15-11/h1-3,6-8,13H,4-5H2. The smallest absolute Gasteiger partial charge is 0.161 e. The fourth-order valence-electron chi connectivity index (χ4n) is 1.83. The molecule has 1 aliphatic heterocycles. The molecule has 0 fully saturated rings. The second-order valence-corrected chi connectivity index (χ2v) is 5.04. The highest BCUT2D eigenvalue weighted by Gasteiger charge is 2.16. The van der Waals surface area contributed by atoms with Crippen molar-refractivity contribution in [2.45, 2.75) is 5.38 Å². The maximum atomic E-state index is 6.43. The van der Waals surface area contributed by atoms with Crippen molar-refractivity contribution < 1.29 is 9.47 Å². The summed E-state index contributed by atoms with van der Waals surface area (Å²) < 4.78 is 11.0. The summed E-state index contributed by atoms with van der Waals surface area (Å²) in [4.78, 5) is 0. The Balaban J connectivity index is 1.93. The highest BCUT2D eigenvalue weighted by molar-refractivity contribution is 7.08. The van der Waals surface area contributed by atoms with Gasteiger partial charge < -0.3 is 9.47 Å². The summed E-state index contributed by atoms with van der Waals surface area (Å²) in [5.41, 5.74) is 2.16. The molecular formula is C13H11ClO2S. The summed E-state index contributed by atoms with van der Waals surface area (Å²) in [5.74, 6) is 1.59. The van der Waals surface area contributed by atoms with Crippen LogP contribution < -0.4 is 9.47 Å². The quantitative estimate of drug-likeness (QED) is 0.769. The van der Waals surface area contributed by atoms with E-state index in [1.807, 2.05) is 29.6 Å². The maximum Gasteiger partial charge on any atom is 0.161 e. The highest BCUT2D eigenvalue weighted by atomic mass is 35.5. The second-order valence-electron chi connectivity index (χ2n) is 3.82. The van der Waals surface area contributed by atoms with Gasteiger partial charge in [-0.2, -0.15) is 11.3 Å². The summed E-state index contributed by atoms with van der Waals surface area (Å²) in [6.07, 6.45) is 0. The number of ether oxygens (including phenoxy) is 2. The first-order valence-corrected chi connectivity index (χ1v) is 6.78. The minimum atomic E-state index is -0.128. The third-order valence-corrected chi connectivity index (χ3v) is 3.90. The average Bonchev–Trinajstić information content (AvgIpc) is 2.91. The lowest BCUT2D eigenvalue weighted by atomic mass is 10.1. The van der Waals surface area contributed by atoms with Gasteiger partial charge in [-0.1, -0.05) is 6.07 Å². The van der Waals surface area contributed by atoms with Crippen molar-refractivity contribution in [1.82, 2.24) is 0 Å². The van der Waals surface area contributed by atoms with Crippen LogP contribution in [0.5, 0.6) is 11.5 Å².